The Hall–Kier alpha value is -1.75. The molecule has 0 saturated carbocycles. The lowest BCUT2D eigenvalue weighted by molar-refractivity contribution is 0.221. The van der Waals surface area contributed by atoms with E-state index >= 15 is 0 Å². The zero-order valence-electron chi connectivity index (χ0n) is 13.2. The fraction of sp³-hybridized carbons (Fsp3) is 0.562. The Morgan fingerprint density at radius 1 is 1.43 bits per heavy atom. The smallest absolute Gasteiger partial charge is 0.170 e. The molecule has 21 heavy (non-hydrogen) atoms. The molecular weight excluding hydrogens is 264 g/mol. The topological polar surface area (TPSA) is 65.1 Å². The highest BCUT2D eigenvalue weighted by Crippen LogP contribution is 2.24. The molecular formula is C16H26N4O. The van der Waals surface area contributed by atoms with Crippen LogP contribution in [0.2, 0.25) is 0 Å². The van der Waals surface area contributed by atoms with Crippen LogP contribution < -0.4 is 10.6 Å². The molecule has 1 aromatic carbocycles. The second-order valence-corrected chi connectivity index (χ2v) is 5.76. The number of hydrogen-bond donors (Lipinski definition) is 2. The molecule has 5 nitrogen and oxygen atoms in total. The maximum atomic E-state index is 8.79. The van der Waals surface area contributed by atoms with Gasteiger partial charge < -0.3 is 20.7 Å². The van der Waals surface area contributed by atoms with Crippen LogP contribution in [0.3, 0.4) is 0 Å². The lowest BCUT2D eigenvalue weighted by atomic mass is 10.0. The van der Waals surface area contributed by atoms with E-state index < -0.39 is 0 Å². The summed E-state index contributed by atoms with van der Waals surface area (Å²) < 4.78 is 0. The summed E-state index contributed by atoms with van der Waals surface area (Å²) in [5.74, 6) is 0.165. The molecule has 0 aromatic heterocycles. The summed E-state index contributed by atoms with van der Waals surface area (Å²) in [4.78, 5) is 4.85. The van der Waals surface area contributed by atoms with E-state index in [4.69, 9.17) is 10.9 Å². The van der Waals surface area contributed by atoms with Crippen molar-refractivity contribution in [1.82, 2.24) is 4.90 Å². The largest absolute Gasteiger partial charge is 0.409 e. The van der Waals surface area contributed by atoms with E-state index in [2.05, 4.69) is 35.0 Å². The summed E-state index contributed by atoms with van der Waals surface area (Å²) in [7, 11) is 2.16. The summed E-state index contributed by atoms with van der Waals surface area (Å²) in [6, 6.07) is 6.67. The van der Waals surface area contributed by atoms with E-state index in [9.17, 15) is 0 Å². The van der Waals surface area contributed by atoms with Crippen molar-refractivity contribution in [2.24, 2.45) is 10.9 Å². The molecule has 3 N–H and O–H groups in total. The minimum atomic E-state index is 0.165. The molecule has 5 heteroatoms. The van der Waals surface area contributed by atoms with Crippen LogP contribution >= 0.6 is 0 Å². The predicted octanol–water partition coefficient (Wildman–Crippen LogP) is 2.01. The molecule has 0 unspecified atom stereocenters. The number of hydrogen-bond acceptors (Lipinski definition) is 4. The van der Waals surface area contributed by atoms with Crippen molar-refractivity contribution in [3.05, 3.63) is 29.3 Å². The standard InChI is InChI=1S/C16H26N4O/c1-4-20-9-7-13(8-10-20)19(3)14-5-6-15(12(2)11-14)16(17)18-21/h5-6,11,13,21H,4,7-10H2,1-3H3,(H2,17,18). The Morgan fingerprint density at radius 2 is 2.10 bits per heavy atom. The van der Waals surface area contributed by atoms with Gasteiger partial charge in [0.05, 0.1) is 0 Å². The monoisotopic (exact) mass is 290 g/mol. The Kier molecular flexibility index (Phi) is 5.07. The zero-order valence-corrected chi connectivity index (χ0v) is 13.2. The highest BCUT2D eigenvalue weighted by Gasteiger charge is 2.22. The number of aryl methyl sites for hydroxylation is 1. The fourth-order valence-electron chi connectivity index (χ4n) is 3.04. The molecule has 1 saturated heterocycles. The average Bonchev–Trinajstić information content (AvgIpc) is 2.53. The Morgan fingerprint density at radius 3 is 2.62 bits per heavy atom. The maximum absolute atomic E-state index is 8.79. The van der Waals surface area contributed by atoms with Gasteiger partial charge in [0.25, 0.3) is 0 Å². The first-order chi connectivity index (χ1) is 10.1. The van der Waals surface area contributed by atoms with Gasteiger partial charge in [-0.15, -0.1) is 0 Å². The zero-order chi connectivity index (χ0) is 15.4. The van der Waals surface area contributed by atoms with Gasteiger partial charge in [-0.3, -0.25) is 0 Å². The first-order valence-electron chi connectivity index (χ1n) is 7.60. The molecule has 1 heterocycles. The number of piperidine rings is 1. The normalized spacial score (nSPS) is 18.0. The summed E-state index contributed by atoms with van der Waals surface area (Å²) >= 11 is 0. The molecule has 1 fully saturated rings. The van der Waals surface area contributed by atoms with Crippen LogP contribution in [0.4, 0.5) is 5.69 Å². The summed E-state index contributed by atoms with van der Waals surface area (Å²) in [6.45, 7) is 7.70. The van der Waals surface area contributed by atoms with Gasteiger partial charge in [-0.25, -0.2) is 0 Å². The summed E-state index contributed by atoms with van der Waals surface area (Å²) in [5, 5.41) is 11.9. The summed E-state index contributed by atoms with van der Waals surface area (Å²) in [6.07, 6.45) is 2.40. The van der Waals surface area contributed by atoms with Gasteiger partial charge in [-0.05, 0) is 50.1 Å². The molecule has 1 aliphatic heterocycles. The molecule has 0 spiro atoms. The van der Waals surface area contributed by atoms with Crippen molar-refractivity contribution in [2.45, 2.75) is 32.7 Å². The minimum Gasteiger partial charge on any atom is -0.409 e. The quantitative estimate of drug-likeness (QED) is 0.385. The number of anilines is 1. The molecule has 1 aromatic rings. The van der Waals surface area contributed by atoms with Crippen LogP contribution in [0.1, 0.15) is 30.9 Å². The van der Waals surface area contributed by atoms with Crippen molar-refractivity contribution >= 4 is 11.5 Å². The predicted molar refractivity (Wildman–Crippen MR) is 87.2 cm³/mol. The number of nitrogens with zero attached hydrogens (tertiary/aromatic N) is 3. The molecule has 116 valence electrons. The Bertz CT molecular complexity index is 507. The van der Waals surface area contributed by atoms with E-state index in [0.29, 0.717) is 6.04 Å². The molecule has 2 rings (SSSR count). The average molecular weight is 290 g/mol. The second kappa shape index (κ2) is 6.80. The van der Waals surface area contributed by atoms with E-state index in [1.807, 2.05) is 19.1 Å². The van der Waals surface area contributed by atoms with Crippen molar-refractivity contribution in [1.29, 1.82) is 0 Å². The third kappa shape index (κ3) is 3.47. The second-order valence-electron chi connectivity index (χ2n) is 5.76. The number of benzene rings is 1. The van der Waals surface area contributed by atoms with Crippen LogP contribution in [0.15, 0.2) is 23.4 Å². The minimum absolute atomic E-state index is 0.165. The van der Waals surface area contributed by atoms with E-state index in [-0.39, 0.29) is 5.84 Å². The number of nitrogens with two attached hydrogens (primary N) is 1. The van der Waals surface area contributed by atoms with Crippen LogP contribution in [0.25, 0.3) is 0 Å². The fourth-order valence-corrected chi connectivity index (χ4v) is 3.04. The van der Waals surface area contributed by atoms with Crippen molar-refractivity contribution in [2.75, 3.05) is 31.6 Å². The van der Waals surface area contributed by atoms with Gasteiger partial charge in [-0.2, -0.15) is 0 Å². The van der Waals surface area contributed by atoms with Gasteiger partial charge in [0, 0.05) is 37.4 Å². The van der Waals surface area contributed by atoms with E-state index in [1.54, 1.807) is 0 Å². The van der Waals surface area contributed by atoms with E-state index in [1.165, 1.54) is 31.6 Å². The van der Waals surface area contributed by atoms with Gasteiger partial charge in [0.1, 0.15) is 0 Å². The lowest BCUT2D eigenvalue weighted by Gasteiger charge is -2.37. The Labute approximate surface area is 127 Å². The van der Waals surface area contributed by atoms with Crippen LogP contribution in [-0.4, -0.2) is 48.7 Å². The molecule has 1 aliphatic rings. The lowest BCUT2D eigenvalue weighted by Crippen LogP contribution is -2.43. The maximum Gasteiger partial charge on any atom is 0.170 e. The van der Waals surface area contributed by atoms with Crippen molar-refractivity contribution in [3.8, 4) is 0 Å². The number of likely N-dealkylation sites (tertiary alicyclic amines) is 1. The highest BCUT2D eigenvalue weighted by molar-refractivity contribution is 5.98. The first-order valence-corrected chi connectivity index (χ1v) is 7.60. The van der Waals surface area contributed by atoms with E-state index in [0.717, 1.165) is 17.7 Å². The SMILES string of the molecule is CCN1CCC(N(C)c2ccc(/C(N)=N/O)c(C)c2)CC1. The highest BCUT2D eigenvalue weighted by atomic mass is 16.4. The van der Waals surface area contributed by atoms with Gasteiger partial charge in [0.2, 0.25) is 0 Å². The number of oxime groups is 1. The number of rotatable bonds is 4. The Balaban J connectivity index is 2.10. The molecule has 0 amide bonds. The summed E-state index contributed by atoms with van der Waals surface area (Å²) in [5.41, 5.74) is 8.68. The van der Waals surface area contributed by atoms with Crippen molar-refractivity contribution < 1.29 is 5.21 Å². The van der Waals surface area contributed by atoms with Crippen LogP contribution in [0, 0.1) is 6.92 Å². The first kappa shape index (κ1) is 15.6. The molecule has 0 atom stereocenters. The van der Waals surface area contributed by atoms with Gasteiger partial charge >= 0.3 is 0 Å². The van der Waals surface area contributed by atoms with Crippen molar-refractivity contribution in [3.63, 3.8) is 0 Å². The number of amidine groups is 1. The third-order valence-electron chi connectivity index (χ3n) is 4.55. The van der Waals surface area contributed by atoms with Gasteiger partial charge in [0.15, 0.2) is 5.84 Å². The van der Waals surface area contributed by atoms with Crippen LogP contribution in [-0.2, 0) is 0 Å². The molecule has 0 radical (unpaired) electrons. The van der Waals surface area contributed by atoms with Gasteiger partial charge in [-0.1, -0.05) is 12.1 Å². The molecule has 0 bridgehead atoms. The molecule has 0 aliphatic carbocycles. The van der Waals surface area contributed by atoms with Crippen LogP contribution in [0.5, 0.6) is 0 Å². The third-order valence-corrected chi connectivity index (χ3v) is 4.55.